The highest BCUT2D eigenvalue weighted by Crippen LogP contribution is 2.38. The van der Waals surface area contributed by atoms with Gasteiger partial charge >= 0.3 is 0 Å². The summed E-state index contributed by atoms with van der Waals surface area (Å²) >= 11 is 0. The fourth-order valence-corrected chi connectivity index (χ4v) is 4.05. The SMILES string of the molecule is Cc1c(C(=O)NC2CCCCCC2)cnn1-c1ccc(-c2nc(C3CC3)no2)cn1. The van der Waals surface area contributed by atoms with E-state index in [9.17, 15) is 4.79 Å². The highest BCUT2D eigenvalue weighted by molar-refractivity contribution is 5.95. The van der Waals surface area contributed by atoms with Crippen LogP contribution in [0.15, 0.2) is 29.0 Å². The Kier molecular flexibility index (Phi) is 5.06. The van der Waals surface area contributed by atoms with Gasteiger partial charge in [-0.15, -0.1) is 0 Å². The van der Waals surface area contributed by atoms with Crippen molar-refractivity contribution in [1.82, 2.24) is 30.2 Å². The van der Waals surface area contributed by atoms with E-state index in [4.69, 9.17) is 4.52 Å². The maximum atomic E-state index is 12.8. The summed E-state index contributed by atoms with van der Waals surface area (Å²) < 4.78 is 7.05. The first kappa shape index (κ1) is 19.0. The van der Waals surface area contributed by atoms with Crippen LogP contribution in [0.3, 0.4) is 0 Å². The van der Waals surface area contributed by atoms with Gasteiger partial charge in [-0.25, -0.2) is 9.67 Å². The monoisotopic (exact) mass is 406 g/mol. The molecule has 2 fully saturated rings. The first-order valence-electron chi connectivity index (χ1n) is 10.8. The van der Waals surface area contributed by atoms with E-state index in [2.05, 4.69) is 25.5 Å². The van der Waals surface area contributed by atoms with E-state index in [0.29, 0.717) is 23.2 Å². The van der Waals surface area contributed by atoms with Crippen molar-refractivity contribution in [3.05, 3.63) is 41.6 Å². The molecule has 2 saturated carbocycles. The Morgan fingerprint density at radius 3 is 2.60 bits per heavy atom. The third-order valence-electron chi connectivity index (χ3n) is 6.04. The fraction of sp³-hybridized carbons (Fsp3) is 0.500. The molecule has 8 heteroatoms. The summed E-state index contributed by atoms with van der Waals surface area (Å²) in [6.45, 7) is 1.89. The van der Waals surface area contributed by atoms with Crippen LogP contribution in [-0.4, -0.2) is 36.9 Å². The van der Waals surface area contributed by atoms with E-state index in [0.717, 1.165) is 42.8 Å². The number of carbonyl (C=O) groups is 1. The van der Waals surface area contributed by atoms with Crippen LogP contribution in [0.2, 0.25) is 0 Å². The van der Waals surface area contributed by atoms with Gasteiger partial charge in [0.25, 0.3) is 11.8 Å². The minimum absolute atomic E-state index is 0.0549. The molecule has 0 spiro atoms. The molecule has 0 radical (unpaired) electrons. The fourth-order valence-electron chi connectivity index (χ4n) is 4.05. The molecule has 156 valence electrons. The smallest absolute Gasteiger partial charge is 0.259 e. The number of aromatic nitrogens is 5. The van der Waals surface area contributed by atoms with Crippen LogP contribution < -0.4 is 5.32 Å². The van der Waals surface area contributed by atoms with Gasteiger partial charge in [0.2, 0.25) is 0 Å². The molecule has 3 aromatic heterocycles. The van der Waals surface area contributed by atoms with Crippen molar-refractivity contribution in [1.29, 1.82) is 0 Å². The maximum Gasteiger partial charge on any atom is 0.259 e. The number of hydrogen-bond donors (Lipinski definition) is 1. The van der Waals surface area contributed by atoms with E-state index < -0.39 is 0 Å². The average Bonchev–Trinajstić information content (AvgIpc) is 3.45. The van der Waals surface area contributed by atoms with Crippen molar-refractivity contribution < 1.29 is 9.32 Å². The summed E-state index contributed by atoms with van der Waals surface area (Å²) in [6, 6.07) is 4.00. The Labute approximate surface area is 175 Å². The van der Waals surface area contributed by atoms with E-state index in [1.54, 1.807) is 17.1 Å². The van der Waals surface area contributed by atoms with Gasteiger partial charge in [-0.3, -0.25) is 4.79 Å². The van der Waals surface area contributed by atoms with Crippen molar-refractivity contribution in [2.24, 2.45) is 0 Å². The number of hydrogen-bond acceptors (Lipinski definition) is 6. The highest BCUT2D eigenvalue weighted by atomic mass is 16.5. The summed E-state index contributed by atoms with van der Waals surface area (Å²) in [5.41, 5.74) is 2.14. The molecule has 1 amide bonds. The molecule has 2 aliphatic carbocycles. The second kappa shape index (κ2) is 8.01. The van der Waals surface area contributed by atoms with Gasteiger partial charge in [-0.1, -0.05) is 30.8 Å². The van der Waals surface area contributed by atoms with Crippen molar-refractivity contribution in [3.8, 4) is 17.3 Å². The molecule has 30 heavy (non-hydrogen) atoms. The second-order valence-corrected chi connectivity index (χ2v) is 8.35. The second-order valence-electron chi connectivity index (χ2n) is 8.35. The number of carbonyl (C=O) groups excluding carboxylic acids is 1. The largest absolute Gasteiger partial charge is 0.349 e. The van der Waals surface area contributed by atoms with Gasteiger partial charge in [0.15, 0.2) is 11.6 Å². The Balaban J connectivity index is 1.30. The molecule has 0 bridgehead atoms. The molecule has 0 atom stereocenters. The first-order valence-corrected chi connectivity index (χ1v) is 10.8. The molecular weight excluding hydrogens is 380 g/mol. The maximum absolute atomic E-state index is 12.8. The number of nitrogens with zero attached hydrogens (tertiary/aromatic N) is 5. The van der Waals surface area contributed by atoms with E-state index in [1.165, 1.54) is 25.7 Å². The molecule has 0 unspecified atom stereocenters. The number of nitrogens with one attached hydrogen (secondary N) is 1. The van der Waals surface area contributed by atoms with Gasteiger partial charge in [0.1, 0.15) is 0 Å². The zero-order valence-corrected chi connectivity index (χ0v) is 17.2. The molecule has 1 N–H and O–H groups in total. The van der Waals surface area contributed by atoms with E-state index in [-0.39, 0.29) is 11.9 Å². The lowest BCUT2D eigenvalue weighted by Crippen LogP contribution is -2.34. The highest BCUT2D eigenvalue weighted by Gasteiger charge is 2.29. The summed E-state index contributed by atoms with van der Waals surface area (Å²) in [7, 11) is 0. The van der Waals surface area contributed by atoms with Crippen molar-refractivity contribution in [3.63, 3.8) is 0 Å². The predicted molar refractivity (Wildman–Crippen MR) is 110 cm³/mol. The Morgan fingerprint density at radius 1 is 1.10 bits per heavy atom. The third kappa shape index (κ3) is 3.86. The van der Waals surface area contributed by atoms with Gasteiger partial charge in [0.05, 0.1) is 23.0 Å². The molecule has 5 rings (SSSR count). The zero-order valence-electron chi connectivity index (χ0n) is 17.2. The van der Waals surface area contributed by atoms with Crippen LogP contribution in [0.4, 0.5) is 0 Å². The van der Waals surface area contributed by atoms with E-state index >= 15 is 0 Å². The summed E-state index contributed by atoms with van der Waals surface area (Å²) in [5, 5.41) is 11.6. The Morgan fingerprint density at radius 2 is 1.90 bits per heavy atom. The molecule has 3 aromatic rings. The summed E-state index contributed by atoms with van der Waals surface area (Å²) in [4.78, 5) is 21.7. The van der Waals surface area contributed by atoms with Gasteiger partial charge < -0.3 is 9.84 Å². The lowest BCUT2D eigenvalue weighted by molar-refractivity contribution is 0.0932. The summed E-state index contributed by atoms with van der Waals surface area (Å²) in [6.07, 6.45) is 12.6. The van der Waals surface area contributed by atoms with Crippen LogP contribution in [0.25, 0.3) is 17.3 Å². The molecule has 8 nitrogen and oxygen atoms in total. The quantitative estimate of drug-likeness (QED) is 0.644. The summed E-state index contributed by atoms with van der Waals surface area (Å²) in [5.74, 6) is 2.30. The topological polar surface area (TPSA) is 98.7 Å². The lowest BCUT2D eigenvalue weighted by atomic mass is 10.1. The van der Waals surface area contributed by atoms with Crippen molar-refractivity contribution in [2.75, 3.05) is 0 Å². The van der Waals surface area contributed by atoms with Gasteiger partial charge in [-0.05, 0) is 44.7 Å². The first-order chi connectivity index (χ1) is 14.7. The Hall–Kier alpha value is -3.03. The van der Waals surface area contributed by atoms with Crippen LogP contribution in [0.5, 0.6) is 0 Å². The number of rotatable bonds is 5. The predicted octanol–water partition coefficient (Wildman–Crippen LogP) is 3.96. The van der Waals surface area contributed by atoms with Crippen LogP contribution in [-0.2, 0) is 0 Å². The van der Waals surface area contributed by atoms with E-state index in [1.807, 2.05) is 19.1 Å². The standard InChI is InChI=1S/C22H26N6O2/c1-14-18(21(29)25-17-6-4-2-3-5-7-17)13-24-28(14)19-11-10-16(12-23-19)22-26-20(27-30-22)15-8-9-15/h10-13,15,17H,2-9H2,1H3,(H,25,29). The normalized spacial score (nSPS) is 17.6. The number of amides is 1. The minimum atomic E-state index is -0.0549. The van der Waals surface area contributed by atoms with Gasteiger partial charge in [0, 0.05) is 18.2 Å². The minimum Gasteiger partial charge on any atom is -0.349 e. The molecule has 0 aromatic carbocycles. The van der Waals surface area contributed by atoms with Gasteiger partial charge in [-0.2, -0.15) is 10.1 Å². The Bertz CT molecular complexity index is 1030. The third-order valence-corrected chi connectivity index (χ3v) is 6.04. The average molecular weight is 406 g/mol. The number of pyridine rings is 1. The van der Waals surface area contributed by atoms with Crippen molar-refractivity contribution in [2.45, 2.75) is 70.3 Å². The molecule has 0 saturated heterocycles. The van der Waals surface area contributed by atoms with Crippen LogP contribution in [0, 0.1) is 6.92 Å². The molecule has 2 aliphatic rings. The lowest BCUT2D eigenvalue weighted by Gasteiger charge is -2.16. The van der Waals surface area contributed by atoms with Crippen LogP contribution >= 0.6 is 0 Å². The molecule has 0 aliphatic heterocycles. The zero-order chi connectivity index (χ0) is 20.5. The molecule has 3 heterocycles. The van der Waals surface area contributed by atoms with Crippen LogP contribution in [0.1, 0.15) is 79.2 Å². The molecular formula is C22H26N6O2. The van der Waals surface area contributed by atoms with Crippen molar-refractivity contribution >= 4 is 5.91 Å².